The van der Waals surface area contributed by atoms with E-state index in [1.165, 1.54) is 10.4 Å². The van der Waals surface area contributed by atoms with Crippen LogP contribution in [-0.2, 0) is 23.0 Å². The Bertz CT molecular complexity index is 1000. The molecular weight excluding hydrogens is 336 g/mol. The molecule has 1 N–H and O–H groups in total. The van der Waals surface area contributed by atoms with Crippen LogP contribution in [0.5, 0.6) is 0 Å². The van der Waals surface area contributed by atoms with Crippen molar-refractivity contribution in [2.45, 2.75) is 17.9 Å². The Morgan fingerprint density at radius 3 is 2.87 bits per heavy atom. The molecule has 8 heteroatoms. The number of rotatable bonds is 2. The highest BCUT2D eigenvalue weighted by molar-refractivity contribution is 7.89. The number of sulfonamides is 1. The number of H-pyrrole nitrogens is 1. The summed E-state index contributed by atoms with van der Waals surface area (Å²) >= 11 is 6.06. The van der Waals surface area contributed by atoms with E-state index in [1.807, 2.05) is 0 Å². The van der Waals surface area contributed by atoms with Crippen LogP contribution in [0.4, 0.5) is 0 Å². The van der Waals surface area contributed by atoms with E-state index in [0.29, 0.717) is 13.0 Å². The first-order chi connectivity index (χ1) is 11.1. The van der Waals surface area contributed by atoms with Gasteiger partial charge >= 0.3 is 0 Å². The van der Waals surface area contributed by atoms with Crippen LogP contribution < -0.4 is 0 Å². The van der Waals surface area contributed by atoms with Crippen molar-refractivity contribution < 1.29 is 8.42 Å². The lowest BCUT2D eigenvalue weighted by Gasteiger charge is -2.28. The van der Waals surface area contributed by atoms with E-state index < -0.39 is 10.0 Å². The van der Waals surface area contributed by atoms with Crippen molar-refractivity contribution in [2.75, 3.05) is 6.54 Å². The zero-order valence-corrected chi connectivity index (χ0v) is 13.6. The summed E-state index contributed by atoms with van der Waals surface area (Å²) in [4.78, 5) is 4.44. The number of hydrogen-bond acceptors (Lipinski definition) is 4. The van der Waals surface area contributed by atoms with Gasteiger partial charge < -0.3 is 0 Å². The first-order valence-corrected chi connectivity index (χ1v) is 8.93. The average Bonchev–Trinajstić information content (AvgIpc) is 3.03. The summed E-state index contributed by atoms with van der Waals surface area (Å²) < 4.78 is 27.1. The first-order valence-electron chi connectivity index (χ1n) is 7.12. The van der Waals surface area contributed by atoms with Gasteiger partial charge in [-0.2, -0.15) is 9.40 Å². The van der Waals surface area contributed by atoms with Gasteiger partial charge in [0.15, 0.2) is 5.65 Å². The van der Waals surface area contributed by atoms with Crippen molar-refractivity contribution in [2.24, 2.45) is 0 Å². The molecule has 3 heterocycles. The molecule has 0 saturated heterocycles. The molecule has 1 aromatic carbocycles. The summed E-state index contributed by atoms with van der Waals surface area (Å²) in [7, 11) is -3.63. The molecule has 0 amide bonds. The normalized spacial score (nSPS) is 15.7. The minimum atomic E-state index is -3.63. The number of aromatic nitrogens is 3. The molecule has 1 aliphatic rings. The van der Waals surface area contributed by atoms with E-state index >= 15 is 0 Å². The lowest BCUT2D eigenvalue weighted by atomic mass is 10.0. The molecule has 0 aliphatic carbocycles. The highest BCUT2D eigenvalue weighted by Gasteiger charge is 2.30. The van der Waals surface area contributed by atoms with E-state index in [9.17, 15) is 8.42 Å². The predicted molar refractivity (Wildman–Crippen MR) is 86.6 cm³/mol. The third-order valence-electron chi connectivity index (χ3n) is 4.09. The van der Waals surface area contributed by atoms with Crippen molar-refractivity contribution >= 4 is 32.7 Å². The topological polar surface area (TPSA) is 79.0 Å². The predicted octanol–water partition coefficient (Wildman–Crippen LogP) is 2.36. The number of benzene rings is 1. The van der Waals surface area contributed by atoms with Gasteiger partial charge in [0.2, 0.25) is 10.0 Å². The molecule has 0 bridgehead atoms. The first kappa shape index (κ1) is 14.6. The second-order valence-corrected chi connectivity index (χ2v) is 7.73. The highest BCUT2D eigenvalue weighted by Crippen LogP contribution is 2.30. The lowest BCUT2D eigenvalue weighted by molar-refractivity contribution is 0.392. The third-order valence-corrected chi connectivity index (χ3v) is 6.44. The summed E-state index contributed by atoms with van der Waals surface area (Å²) in [6.45, 7) is 0.696. The monoisotopic (exact) mass is 348 g/mol. The zero-order chi connectivity index (χ0) is 16.0. The van der Waals surface area contributed by atoms with E-state index in [2.05, 4.69) is 15.2 Å². The van der Waals surface area contributed by atoms with Gasteiger partial charge in [-0.15, -0.1) is 0 Å². The molecular formula is C15H13ClN4O2S. The largest absolute Gasteiger partial charge is 0.261 e. The van der Waals surface area contributed by atoms with Crippen LogP contribution in [-0.4, -0.2) is 34.4 Å². The van der Waals surface area contributed by atoms with Gasteiger partial charge in [-0.1, -0.05) is 23.7 Å². The van der Waals surface area contributed by atoms with Crippen LogP contribution >= 0.6 is 11.6 Å². The van der Waals surface area contributed by atoms with Crippen molar-refractivity contribution in [3.05, 3.63) is 52.8 Å². The molecule has 0 unspecified atom stereocenters. The Balaban J connectivity index is 1.74. The molecule has 0 fully saturated rings. The fourth-order valence-corrected chi connectivity index (χ4v) is 4.84. The molecule has 3 aromatic rings. The number of nitrogens with one attached hydrogen (secondary N) is 1. The Hall–Kier alpha value is -1.96. The fraction of sp³-hybridized carbons (Fsp3) is 0.200. The lowest BCUT2D eigenvalue weighted by Crippen LogP contribution is -2.36. The number of hydrogen-bond donors (Lipinski definition) is 1. The smallest absolute Gasteiger partial charge is 0.244 e. The van der Waals surface area contributed by atoms with Crippen LogP contribution in [0.1, 0.15) is 11.1 Å². The van der Waals surface area contributed by atoms with Crippen molar-refractivity contribution in [3.63, 3.8) is 0 Å². The molecule has 0 spiro atoms. The summed E-state index contributed by atoms with van der Waals surface area (Å²) in [6, 6.07) is 6.51. The second-order valence-electron chi connectivity index (χ2n) is 5.41. The van der Waals surface area contributed by atoms with Gasteiger partial charge in [-0.05, 0) is 29.7 Å². The van der Waals surface area contributed by atoms with Gasteiger partial charge in [0, 0.05) is 24.7 Å². The maximum absolute atomic E-state index is 12.8. The maximum atomic E-state index is 12.8. The number of halogens is 1. The van der Waals surface area contributed by atoms with Crippen LogP contribution in [0.25, 0.3) is 11.0 Å². The van der Waals surface area contributed by atoms with E-state index in [0.717, 1.165) is 22.2 Å². The molecule has 23 heavy (non-hydrogen) atoms. The van der Waals surface area contributed by atoms with Crippen molar-refractivity contribution in [1.29, 1.82) is 0 Å². The van der Waals surface area contributed by atoms with Crippen LogP contribution in [0.3, 0.4) is 0 Å². The Labute approximate surface area is 138 Å². The van der Waals surface area contributed by atoms with Crippen LogP contribution in [0.15, 0.2) is 41.6 Å². The molecule has 4 rings (SSSR count). The third kappa shape index (κ3) is 2.32. The molecule has 1 aliphatic heterocycles. The van der Waals surface area contributed by atoms with E-state index in [4.69, 9.17) is 11.6 Å². The minimum Gasteiger partial charge on any atom is -0.261 e. The molecule has 0 radical (unpaired) electrons. The Morgan fingerprint density at radius 2 is 2.04 bits per heavy atom. The summed E-state index contributed by atoms with van der Waals surface area (Å²) in [5.74, 6) is 0. The van der Waals surface area contributed by atoms with E-state index in [-0.39, 0.29) is 16.5 Å². The standard InChI is InChI=1S/C15H13ClN4O2S/c16-13-3-1-2-4-14(13)23(21,22)20-6-5-11-10(9-20)7-17-15-12(11)8-18-19-15/h1-4,7-8H,5-6,9H2,(H,17,18,19). The number of pyridine rings is 1. The second kappa shape index (κ2) is 5.30. The van der Waals surface area contributed by atoms with Crippen LogP contribution in [0, 0.1) is 0 Å². The zero-order valence-electron chi connectivity index (χ0n) is 12.0. The van der Waals surface area contributed by atoms with Gasteiger partial charge in [0.1, 0.15) is 4.90 Å². The minimum absolute atomic E-state index is 0.141. The van der Waals surface area contributed by atoms with Gasteiger partial charge in [-0.25, -0.2) is 13.4 Å². The van der Waals surface area contributed by atoms with Crippen LogP contribution in [0.2, 0.25) is 5.02 Å². The fourth-order valence-electron chi connectivity index (χ4n) is 2.93. The van der Waals surface area contributed by atoms with Crippen molar-refractivity contribution in [1.82, 2.24) is 19.5 Å². The SMILES string of the molecule is O=S(=O)(c1ccccc1Cl)N1CCc2c(cnc3[nH]ncc23)C1. The van der Waals surface area contributed by atoms with Gasteiger partial charge in [0.25, 0.3) is 0 Å². The van der Waals surface area contributed by atoms with E-state index in [1.54, 1.807) is 30.6 Å². The Morgan fingerprint density at radius 1 is 1.22 bits per heavy atom. The number of aromatic amines is 1. The van der Waals surface area contributed by atoms with Gasteiger partial charge in [0.05, 0.1) is 11.2 Å². The number of nitrogens with zero attached hydrogens (tertiary/aromatic N) is 3. The highest BCUT2D eigenvalue weighted by atomic mass is 35.5. The van der Waals surface area contributed by atoms with Crippen molar-refractivity contribution in [3.8, 4) is 0 Å². The summed E-state index contributed by atoms with van der Waals surface area (Å²) in [5.41, 5.74) is 2.74. The Kier molecular flexibility index (Phi) is 3.37. The van der Waals surface area contributed by atoms with Gasteiger partial charge in [-0.3, -0.25) is 5.10 Å². The maximum Gasteiger partial charge on any atom is 0.244 e. The average molecular weight is 349 g/mol. The molecule has 118 valence electrons. The summed E-state index contributed by atoms with van der Waals surface area (Å²) in [6.07, 6.45) is 4.07. The molecule has 2 aromatic heterocycles. The number of fused-ring (bicyclic) bond motifs is 3. The summed E-state index contributed by atoms with van der Waals surface area (Å²) in [5, 5.41) is 8.03. The quantitative estimate of drug-likeness (QED) is 0.771. The molecule has 0 saturated carbocycles. The molecule has 0 atom stereocenters. The molecule has 6 nitrogen and oxygen atoms in total.